The van der Waals surface area contributed by atoms with Gasteiger partial charge in [-0.15, -0.1) is 11.8 Å². The first-order valence-corrected chi connectivity index (χ1v) is 8.79. The number of thioether (sulfide) groups is 1. The molecule has 2 rings (SSSR count). The van der Waals surface area contributed by atoms with Crippen LogP contribution in [0.4, 0.5) is 0 Å². The van der Waals surface area contributed by atoms with Crippen LogP contribution in [-0.2, 0) is 6.42 Å². The summed E-state index contributed by atoms with van der Waals surface area (Å²) in [6.45, 7) is 8.19. The Morgan fingerprint density at radius 1 is 1.05 bits per heavy atom. The largest absolute Gasteiger partial charge is 0.103 e. The Morgan fingerprint density at radius 3 is 2.43 bits per heavy atom. The normalized spacial score (nSPS) is 15.0. The third kappa shape index (κ3) is 5.24. The molecular formula is C20H26S. The van der Waals surface area contributed by atoms with E-state index in [1.165, 1.54) is 60.1 Å². The van der Waals surface area contributed by atoms with Crippen molar-refractivity contribution in [3.63, 3.8) is 0 Å². The number of hydrogen-bond donors (Lipinski definition) is 0. The Hall–Kier alpha value is -1.21. The fourth-order valence-corrected chi connectivity index (χ4v) is 3.48. The smallest absolute Gasteiger partial charge is 0.00762 e. The van der Waals surface area contributed by atoms with Crippen molar-refractivity contribution >= 4 is 11.8 Å². The minimum Gasteiger partial charge on any atom is -0.103 e. The van der Waals surface area contributed by atoms with Crippen LogP contribution in [0.5, 0.6) is 0 Å². The van der Waals surface area contributed by atoms with Crippen LogP contribution < -0.4 is 0 Å². The molecule has 0 radical (unpaired) electrons. The number of benzene rings is 1. The molecule has 0 N–H and O–H groups in total. The zero-order chi connectivity index (χ0) is 15.1. The van der Waals surface area contributed by atoms with Crippen molar-refractivity contribution in [1.82, 2.24) is 0 Å². The molecule has 0 bridgehead atoms. The van der Waals surface area contributed by atoms with Gasteiger partial charge in [0, 0.05) is 0 Å². The minimum atomic E-state index is 1.20. The topological polar surface area (TPSA) is 0 Å². The summed E-state index contributed by atoms with van der Waals surface area (Å²) in [7, 11) is 0. The highest BCUT2D eigenvalue weighted by molar-refractivity contribution is 8.05. The van der Waals surface area contributed by atoms with Gasteiger partial charge in [0.2, 0.25) is 0 Å². The maximum absolute atomic E-state index is 3.81. The fourth-order valence-electron chi connectivity index (χ4n) is 2.82. The predicted octanol–water partition coefficient (Wildman–Crippen LogP) is 6.58. The molecule has 1 aliphatic carbocycles. The molecule has 1 heteroatoms. The van der Waals surface area contributed by atoms with Gasteiger partial charge in [0.1, 0.15) is 0 Å². The van der Waals surface area contributed by atoms with E-state index in [1.807, 2.05) is 5.41 Å². The molecule has 0 aromatic heterocycles. The van der Waals surface area contributed by atoms with Crippen LogP contribution >= 0.6 is 11.8 Å². The van der Waals surface area contributed by atoms with Gasteiger partial charge in [0.15, 0.2) is 0 Å². The zero-order valence-electron chi connectivity index (χ0n) is 13.3. The van der Waals surface area contributed by atoms with Crippen LogP contribution in [0.15, 0.2) is 58.4 Å². The van der Waals surface area contributed by atoms with E-state index in [1.54, 1.807) is 17.3 Å². The lowest BCUT2D eigenvalue weighted by atomic mass is 9.95. The fraction of sp³-hybridized carbons (Fsp3) is 0.400. The van der Waals surface area contributed by atoms with E-state index in [9.17, 15) is 0 Å². The second-order valence-electron chi connectivity index (χ2n) is 5.89. The van der Waals surface area contributed by atoms with Gasteiger partial charge in [0.05, 0.1) is 0 Å². The summed E-state index contributed by atoms with van der Waals surface area (Å²) < 4.78 is 0. The minimum absolute atomic E-state index is 1.20. The van der Waals surface area contributed by atoms with Crippen molar-refractivity contribution in [1.29, 1.82) is 0 Å². The molecule has 21 heavy (non-hydrogen) atoms. The molecule has 0 spiro atoms. The van der Waals surface area contributed by atoms with Crippen molar-refractivity contribution in [3.8, 4) is 0 Å². The second-order valence-corrected chi connectivity index (χ2v) is 6.95. The average Bonchev–Trinajstić information content (AvgIpc) is 2.48. The predicted molar refractivity (Wildman–Crippen MR) is 96.5 cm³/mol. The van der Waals surface area contributed by atoms with Crippen molar-refractivity contribution in [2.24, 2.45) is 0 Å². The van der Waals surface area contributed by atoms with Crippen molar-refractivity contribution in [3.05, 3.63) is 69.5 Å². The first-order valence-electron chi connectivity index (χ1n) is 7.91. The highest BCUT2D eigenvalue weighted by Crippen LogP contribution is 2.33. The molecule has 112 valence electrons. The molecule has 1 aliphatic rings. The van der Waals surface area contributed by atoms with Gasteiger partial charge in [-0.05, 0) is 73.8 Å². The number of rotatable bonds is 7. The van der Waals surface area contributed by atoms with Gasteiger partial charge in [-0.1, -0.05) is 48.1 Å². The maximum Gasteiger partial charge on any atom is -0.00762 e. The molecule has 0 heterocycles. The summed E-state index contributed by atoms with van der Waals surface area (Å²) in [5.74, 6) is 0. The highest BCUT2D eigenvalue weighted by atomic mass is 32.2. The maximum atomic E-state index is 3.81. The first kappa shape index (κ1) is 16.2. The van der Waals surface area contributed by atoms with Gasteiger partial charge < -0.3 is 0 Å². The van der Waals surface area contributed by atoms with Crippen LogP contribution in [0.2, 0.25) is 0 Å². The standard InChI is InChI=1S/C20H26S/c1-4-21-20-14-13-19(15-17(20)3)8-6-5-7-18-11-9-16(2)10-12-18/h4,9-12,15H,1,5-8,13-14H2,2-3H3. The summed E-state index contributed by atoms with van der Waals surface area (Å²) in [4.78, 5) is 1.49. The highest BCUT2D eigenvalue weighted by Gasteiger charge is 2.10. The summed E-state index contributed by atoms with van der Waals surface area (Å²) in [6, 6.07) is 8.96. The Kier molecular flexibility index (Phi) is 6.38. The van der Waals surface area contributed by atoms with E-state index >= 15 is 0 Å². The lowest BCUT2D eigenvalue weighted by Gasteiger charge is -2.17. The summed E-state index contributed by atoms with van der Waals surface area (Å²) in [6.07, 6.45) is 9.90. The van der Waals surface area contributed by atoms with Crippen LogP contribution in [0.3, 0.4) is 0 Å². The molecule has 0 nitrogen and oxygen atoms in total. The lowest BCUT2D eigenvalue weighted by Crippen LogP contribution is -1.96. The van der Waals surface area contributed by atoms with Crippen molar-refractivity contribution < 1.29 is 0 Å². The average molecular weight is 298 g/mol. The molecular weight excluding hydrogens is 272 g/mol. The third-order valence-corrected chi connectivity index (χ3v) is 5.07. The summed E-state index contributed by atoms with van der Waals surface area (Å²) >= 11 is 1.79. The summed E-state index contributed by atoms with van der Waals surface area (Å²) in [5, 5.41) is 1.94. The van der Waals surface area contributed by atoms with E-state index < -0.39 is 0 Å². The first-order chi connectivity index (χ1) is 10.2. The quantitative estimate of drug-likeness (QED) is 0.512. The van der Waals surface area contributed by atoms with Crippen LogP contribution in [0.1, 0.15) is 50.2 Å². The number of aryl methyl sites for hydroxylation is 2. The number of allylic oxidation sites excluding steroid dienone is 4. The molecule has 1 aromatic rings. The van der Waals surface area contributed by atoms with Crippen LogP contribution in [-0.4, -0.2) is 0 Å². The second kappa shape index (κ2) is 8.29. The van der Waals surface area contributed by atoms with Crippen molar-refractivity contribution in [2.45, 2.75) is 52.4 Å². The van der Waals surface area contributed by atoms with Crippen LogP contribution in [0, 0.1) is 6.92 Å². The monoisotopic (exact) mass is 298 g/mol. The van der Waals surface area contributed by atoms with Gasteiger partial charge in [-0.2, -0.15) is 0 Å². The number of unbranched alkanes of at least 4 members (excludes halogenated alkanes) is 1. The third-order valence-electron chi connectivity index (χ3n) is 4.09. The van der Waals surface area contributed by atoms with Gasteiger partial charge >= 0.3 is 0 Å². The molecule has 0 aliphatic heterocycles. The van der Waals surface area contributed by atoms with Gasteiger partial charge in [0.25, 0.3) is 0 Å². The molecule has 1 aromatic carbocycles. The number of hydrogen-bond acceptors (Lipinski definition) is 1. The van der Waals surface area contributed by atoms with Gasteiger partial charge in [-0.3, -0.25) is 0 Å². The SMILES string of the molecule is C=CSC1=C(C)C=C(CCCCc2ccc(C)cc2)CC1. The zero-order valence-corrected chi connectivity index (χ0v) is 14.1. The van der Waals surface area contributed by atoms with Gasteiger partial charge in [-0.25, -0.2) is 0 Å². The molecule has 0 saturated heterocycles. The Balaban J connectivity index is 1.75. The Bertz CT molecular complexity index is 531. The van der Waals surface area contributed by atoms with E-state index in [0.717, 1.165) is 0 Å². The molecule has 0 amide bonds. The van der Waals surface area contributed by atoms with E-state index in [2.05, 4.69) is 50.8 Å². The Morgan fingerprint density at radius 2 is 1.76 bits per heavy atom. The van der Waals surface area contributed by atoms with E-state index in [4.69, 9.17) is 0 Å². The molecule has 0 unspecified atom stereocenters. The molecule has 0 saturated carbocycles. The lowest BCUT2D eigenvalue weighted by molar-refractivity contribution is 0.704. The molecule has 0 atom stereocenters. The molecule has 0 fully saturated rings. The van der Waals surface area contributed by atoms with E-state index in [-0.39, 0.29) is 0 Å². The Labute approximate surface area is 134 Å². The van der Waals surface area contributed by atoms with Crippen molar-refractivity contribution in [2.75, 3.05) is 0 Å². The summed E-state index contributed by atoms with van der Waals surface area (Å²) in [5.41, 5.74) is 5.89. The van der Waals surface area contributed by atoms with Crippen LogP contribution in [0.25, 0.3) is 0 Å². The van der Waals surface area contributed by atoms with E-state index in [0.29, 0.717) is 0 Å².